The van der Waals surface area contributed by atoms with Gasteiger partial charge in [-0.05, 0) is 38.1 Å². The van der Waals surface area contributed by atoms with Gasteiger partial charge in [-0.2, -0.15) is 0 Å². The number of hydrogen-bond donors (Lipinski definition) is 2. The molecule has 8 nitrogen and oxygen atoms in total. The van der Waals surface area contributed by atoms with Crippen molar-refractivity contribution in [3.8, 4) is 0 Å². The van der Waals surface area contributed by atoms with Crippen LogP contribution in [0.5, 0.6) is 0 Å². The number of ether oxygens (including phenoxy) is 2. The molecular formula is C15H17BrN2O6. The van der Waals surface area contributed by atoms with E-state index in [0.717, 1.165) is 11.6 Å². The smallest absolute Gasteiger partial charge is 0.413 e. The highest BCUT2D eigenvalue weighted by molar-refractivity contribution is 9.10. The van der Waals surface area contributed by atoms with E-state index < -0.39 is 36.0 Å². The van der Waals surface area contributed by atoms with Crippen LogP contribution in [-0.2, 0) is 19.1 Å². The summed E-state index contributed by atoms with van der Waals surface area (Å²) < 4.78 is 9.97. The fourth-order valence-electron chi connectivity index (χ4n) is 1.52. The number of imide groups is 1. The van der Waals surface area contributed by atoms with E-state index in [4.69, 9.17) is 4.74 Å². The van der Waals surface area contributed by atoms with Gasteiger partial charge in [0.1, 0.15) is 6.04 Å². The van der Waals surface area contributed by atoms with Gasteiger partial charge in [-0.15, -0.1) is 0 Å². The number of esters is 1. The molecule has 3 amide bonds. The maximum absolute atomic E-state index is 12.0. The minimum atomic E-state index is -1.22. The topological polar surface area (TPSA) is 111 Å². The zero-order valence-electron chi connectivity index (χ0n) is 13.3. The molecule has 9 heteroatoms. The average Bonchev–Trinajstić information content (AvgIpc) is 2.54. The number of alkyl carbamates (subject to hydrolysis) is 1. The molecule has 0 unspecified atom stereocenters. The van der Waals surface area contributed by atoms with Crippen molar-refractivity contribution in [2.24, 2.45) is 0 Å². The standard InChI is InChI=1S/C15H17BrN2O6/c1-8(17-13(20)10-4-6-11(16)7-5-10)14(21)24-9(2)12(19)18-15(22)23-3/h4-9H,1-3H3,(H,17,20)(H,18,19,22)/t8-,9+/m0/s1. The Bertz CT molecular complexity index is 631. The molecule has 0 heterocycles. The Hall–Kier alpha value is -2.42. The first-order chi connectivity index (χ1) is 11.2. The first-order valence-corrected chi connectivity index (χ1v) is 7.69. The van der Waals surface area contributed by atoms with Gasteiger partial charge in [0.15, 0.2) is 6.10 Å². The lowest BCUT2D eigenvalue weighted by Gasteiger charge is -2.17. The number of carbonyl (C=O) groups is 4. The van der Waals surface area contributed by atoms with Crippen molar-refractivity contribution in [2.45, 2.75) is 26.0 Å². The van der Waals surface area contributed by atoms with E-state index in [-0.39, 0.29) is 0 Å². The molecule has 0 aliphatic carbocycles. The Morgan fingerprint density at radius 1 is 1.08 bits per heavy atom. The second-order valence-corrected chi connectivity index (χ2v) is 5.68. The fraction of sp³-hybridized carbons (Fsp3) is 0.333. The van der Waals surface area contributed by atoms with Crippen molar-refractivity contribution in [3.05, 3.63) is 34.3 Å². The lowest BCUT2D eigenvalue weighted by atomic mass is 10.2. The molecule has 0 radical (unpaired) electrons. The summed E-state index contributed by atoms with van der Waals surface area (Å²) in [5.41, 5.74) is 0.370. The van der Waals surface area contributed by atoms with Gasteiger partial charge in [-0.1, -0.05) is 15.9 Å². The summed E-state index contributed by atoms with van der Waals surface area (Å²) in [6.45, 7) is 2.71. The van der Waals surface area contributed by atoms with Gasteiger partial charge < -0.3 is 14.8 Å². The summed E-state index contributed by atoms with van der Waals surface area (Å²) in [6, 6.07) is 5.58. The van der Waals surface area contributed by atoms with Gasteiger partial charge in [0.25, 0.3) is 11.8 Å². The Kier molecular flexibility index (Phi) is 7.37. The summed E-state index contributed by atoms with van der Waals surface area (Å²) in [4.78, 5) is 46.4. The minimum Gasteiger partial charge on any atom is -0.453 e. The van der Waals surface area contributed by atoms with E-state index in [1.165, 1.54) is 13.8 Å². The van der Waals surface area contributed by atoms with Crippen LogP contribution < -0.4 is 10.6 Å². The highest BCUT2D eigenvalue weighted by Gasteiger charge is 2.24. The van der Waals surface area contributed by atoms with Crippen LogP contribution in [0.4, 0.5) is 4.79 Å². The second kappa shape index (κ2) is 9.02. The maximum Gasteiger partial charge on any atom is 0.413 e. The van der Waals surface area contributed by atoms with Crippen LogP contribution in [0.15, 0.2) is 28.7 Å². The molecule has 0 bridgehead atoms. The van der Waals surface area contributed by atoms with Gasteiger partial charge in [0, 0.05) is 10.0 Å². The van der Waals surface area contributed by atoms with Crippen molar-refractivity contribution >= 4 is 39.8 Å². The first kappa shape index (κ1) is 19.6. The quantitative estimate of drug-likeness (QED) is 0.722. The molecule has 0 aromatic heterocycles. The van der Waals surface area contributed by atoms with E-state index in [9.17, 15) is 19.2 Å². The Morgan fingerprint density at radius 3 is 2.21 bits per heavy atom. The van der Waals surface area contributed by atoms with Crippen molar-refractivity contribution in [2.75, 3.05) is 7.11 Å². The molecule has 24 heavy (non-hydrogen) atoms. The Morgan fingerprint density at radius 2 is 1.67 bits per heavy atom. The molecule has 0 spiro atoms. The van der Waals surface area contributed by atoms with Gasteiger partial charge in [-0.25, -0.2) is 9.59 Å². The SMILES string of the molecule is COC(=O)NC(=O)[C@@H](C)OC(=O)[C@H](C)NC(=O)c1ccc(Br)cc1. The third-order valence-electron chi connectivity index (χ3n) is 2.88. The third kappa shape index (κ3) is 5.99. The highest BCUT2D eigenvalue weighted by Crippen LogP contribution is 2.10. The minimum absolute atomic E-state index is 0.370. The highest BCUT2D eigenvalue weighted by atomic mass is 79.9. The van der Waals surface area contributed by atoms with E-state index >= 15 is 0 Å². The molecule has 130 valence electrons. The number of hydrogen-bond acceptors (Lipinski definition) is 6. The number of nitrogens with one attached hydrogen (secondary N) is 2. The van der Waals surface area contributed by atoms with Crippen LogP contribution in [0.2, 0.25) is 0 Å². The number of rotatable bonds is 5. The molecule has 1 aromatic carbocycles. The van der Waals surface area contributed by atoms with Gasteiger partial charge in [0.2, 0.25) is 0 Å². The monoisotopic (exact) mass is 400 g/mol. The molecule has 2 atom stereocenters. The molecule has 0 saturated carbocycles. The van der Waals surface area contributed by atoms with Crippen molar-refractivity contribution in [1.29, 1.82) is 0 Å². The van der Waals surface area contributed by atoms with Crippen LogP contribution in [0.25, 0.3) is 0 Å². The van der Waals surface area contributed by atoms with Crippen molar-refractivity contribution in [3.63, 3.8) is 0 Å². The van der Waals surface area contributed by atoms with Crippen LogP contribution in [0, 0.1) is 0 Å². The second-order valence-electron chi connectivity index (χ2n) is 4.76. The number of carbonyl (C=O) groups excluding carboxylic acids is 4. The zero-order chi connectivity index (χ0) is 18.3. The summed E-state index contributed by atoms with van der Waals surface area (Å²) in [7, 11) is 1.10. The van der Waals surface area contributed by atoms with E-state index in [1.807, 2.05) is 5.32 Å². The van der Waals surface area contributed by atoms with E-state index in [2.05, 4.69) is 26.0 Å². The van der Waals surface area contributed by atoms with Crippen LogP contribution >= 0.6 is 15.9 Å². The molecular weight excluding hydrogens is 384 g/mol. The largest absolute Gasteiger partial charge is 0.453 e. The van der Waals surface area contributed by atoms with Crippen LogP contribution in [0.1, 0.15) is 24.2 Å². The van der Waals surface area contributed by atoms with Crippen molar-refractivity contribution < 1.29 is 28.7 Å². The predicted molar refractivity (Wildman–Crippen MR) is 87.2 cm³/mol. The van der Waals surface area contributed by atoms with Crippen LogP contribution in [0.3, 0.4) is 0 Å². The average molecular weight is 401 g/mol. The van der Waals surface area contributed by atoms with E-state index in [1.54, 1.807) is 24.3 Å². The van der Waals surface area contributed by atoms with Gasteiger partial charge >= 0.3 is 12.1 Å². The molecule has 1 aromatic rings. The molecule has 1 rings (SSSR count). The number of methoxy groups -OCH3 is 1. The normalized spacial score (nSPS) is 12.5. The van der Waals surface area contributed by atoms with Gasteiger partial charge in [-0.3, -0.25) is 14.9 Å². The summed E-state index contributed by atoms with van der Waals surface area (Å²) in [5, 5.41) is 4.34. The maximum atomic E-state index is 12.0. The Labute approximate surface area is 147 Å². The fourth-order valence-corrected chi connectivity index (χ4v) is 1.79. The molecule has 0 fully saturated rings. The summed E-state index contributed by atoms with van der Waals surface area (Å²) in [5.74, 6) is -2.10. The summed E-state index contributed by atoms with van der Waals surface area (Å²) in [6.07, 6.45) is -2.18. The molecule has 0 saturated heterocycles. The number of benzene rings is 1. The molecule has 2 N–H and O–H groups in total. The molecule has 0 aliphatic rings. The van der Waals surface area contributed by atoms with Crippen molar-refractivity contribution in [1.82, 2.24) is 10.6 Å². The van der Waals surface area contributed by atoms with Crippen LogP contribution in [-0.4, -0.2) is 43.1 Å². The first-order valence-electron chi connectivity index (χ1n) is 6.90. The number of halogens is 1. The summed E-state index contributed by atoms with van der Waals surface area (Å²) >= 11 is 3.25. The lowest BCUT2D eigenvalue weighted by molar-refractivity contribution is -0.156. The lowest BCUT2D eigenvalue weighted by Crippen LogP contribution is -2.44. The molecule has 0 aliphatic heterocycles. The van der Waals surface area contributed by atoms with Gasteiger partial charge in [0.05, 0.1) is 7.11 Å². The zero-order valence-corrected chi connectivity index (χ0v) is 14.9. The Balaban J connectivity index is 2.55. The van der Waals surface area contributed by atoms with E-state index in [0.29, 0.717) is 5.56 Å². The third-order valence-corrected chi connectivity index (χ3v) is 3.41. The number of amides is 3. The predicted octanol–water partition coefficient (Wildman–Crippen LogP) is 1.38.